The number of aromatic nitrogens is 2. The number of rotatable bonds is 4. The highest BCUT2D eigenvalue weighted by molar-refractivity contribution is 14.0. The minimum absolute atomic E-state index is 0. The highest BCUT2D eigenvalue weighted by atomic mass is 127. The van der Waals surface area contributed by atoms with Crippen LogP contribution in [0.4, 0.5) is 0 Å². The number of ether oxygens (including phenoxy) is 1. The first-order valence-electron chi connectivity index (χ1n) is 9.69. The lowest BCUT2D eigenvalue weighted by Crippen LogP contribution is -2.35. The van der Waals surface area contributed by atoms with Crippen LogP contribution in [0.3, 0.4) is 0 Å². The van der Waals surface area contributed by atoms with Crippen molar-refractivity contribution in [3.8, 4) is 11.4 Å². The lowest BCUT2D eigenvalue weighted by atomic mass is 10.0. The van der Waals surface area contributed by atoms with E-state index in [0.717, 1.165) is 29.8 Å². The summed E-state index contributed by atoms with van der Waals surface area (Å²) >= 11 is 0. The SMILES string of the molecule is I.NC(=NC1CCOc2ccccc21)N[C@@H]1C[C@H]1c1cnn(-c2ccccc2)c1. The zero-order chi connectivity index (χ0) is 18.9. The number of hydrogen-bond acceptors (Lipinski definition) is 3. The number of benzene rings is 2. The van der Waals surface area contributed by atoms with Crippen LogP contribution in [0.5, 0.6) is 5.75 Å². The molecule has 1 unspecified atom stereocenters. The molecule has 1 aliphatic carbocycles. The number of nitrogens with zero attached hydrogens (tertiary/aromatic N) is 3. The Morgan fingerprint density at radius 3 is 2.79 bits per heavy atom. The van der Waals surface area contributed by atoms with E-state index in [1.54, 1.807) is 0 Å². The number of aliphatic imine (C=N–C) groups is 1. The van der Waals surface area contributed by atoms with E-state index in [-0.39, 0.29) is 30.0 Å². The first kappa shape index (κ1) is 19.8. The van der Waals surface area contributed by atoms with Crippen molar-refractivity contribution in [3.05, 3.63) is 78.1 Å². The molecule has 29 heavy (non-hydrogen) atoms. The number of nitrogens with one attached hydrogen (secondary N) is 1. The summed E-state index contributed by atoms with van der Waals surface area (Å²) in [5, 5.41) is 7.87. The van der Waals surface area contributed by atoms with Gasteiger partial charge in [-0.05, 0) is 30.2 Å². The third-order valence-corrected chi connectivity index (χ3v) is 5.40. The van der Waals surface area contributed by atoms with Crippen LogP contribution < -0.4 is 15.8 Å². The van der Waals surface area contributed by atoms with E-state index in [0.29, 0.717) is 24.5 Å². The van der Waals surface area contributed by atoms with Gasteiger partial charge < -0.3 is 15.8 Å². The maximum atomic E-state index is 6.22. The van der Waals surface area contributed by atoms with Gasteiger partial charge in [0.1, 0.15) is 5.75 Å². The Morgan fingerprint density at radius 2 is 1.93 bits per heavy atom. The molecular weight excluding hydrogens is 477 g/mol. The third-order valence-electron chi connectivity index (χ3n) is 5.40. The second kappa shape index (κ2) is 8.44. The van der Waals surface area contributed by atoms with Gasteiger partial charge in [-0.3, -0.25) is 0 Å². The molecule has 0 radical (unpaired) electrons. The Labute approximate surface area is 187 Å². The largest absolute Gasteiger partial charge is 0.493 e. The summed E-state index contributed by atoms with van der Waals surface area (Å²) in [4.78, 5) is 4.72. The minimum atomic E-state index is 0. The van der Waals surface area contributed by atoms with E-state index in [1.165, 1.54) is 5.56 Å². The Hall–Kier alpha value is -2.55. The number of hydrogen-bond donors (Lipinski definition) is 2. The number of halogens is 1. The van der Waals surface area contributed by atoms with E-state index in [1.807, 2.05) is 47.3 Å². The van der Waals surface area contributed by atoms with Crippen LogP contribution in [-0.4, -0.2) is 28.4 Å². The Morgan fingerprint density at radius 1 is 1.14 bits per heavy atom. The van der Waals surface area contributed by atoms with Crippen LogP contribution >= 0.6 is 24.0 Å². The van der Waals surface area contributed by atoms with Crippen molar-refractivity contribution in [2.75, 3.05) is 6.61 Å². The molecule has 6 nitrogen and oxygen atoms in total. The van der Waals surface area contributed by atoms with Crippen LogP contribution in [0.15, 0.2) is 72.0 Å². The Bertz CT molecular complexity index is 1000. The van der Waals surface area contributed by atoms with Gasteiger partial charge in [-0.2, -0.15) is 5.10 Å². The first-order valence-corrected chi connectivity index (χ1v) is 9.69. The fraction of sp³-hybridized carbons (Fsp3) is 0.273. The van der Waals surface area contributed by atoms with Crippen LogP contribution in [0.2, 0.25) is 0 Å². The molecule has 1 aromatic heterocycles. The number of nitrogens with two attached hydrogens (primary N) is 1. The van der Waals surface area contributed by atoms with Crippen LogP contribution in [0.25, 0.3) is 5.69 Å². The summed E-state index contributed by atoms with van der Waals surface area (Å²) in [5.41, 5.74) is 9.62. The van der Waals surface area contributed by atoms with Crippen molar-refractivity contribution in [1.82, 2.24) is 15.1 Å². The topological polar surface area (TPSA) is 77.5 Å². The monoisotopic (exact) mass is 501 g/mol. The van der Waals surface area contributed by atoms with Gasteiger partial charge >= 0.3 is 0 Å². The quantitative estimate of drug-likeness (QED) is 0.324. The van der Waals surface area contributed by atoms with Crippen molar-refractivity contribution in [2.24, 2.45) is 10.7 Å². The highest BCUT2D eigenvalue weighted by Crippen LogP contribution is 2.41. The maximum Gasteiger partial charge on any atom is 0.189 e. The van der Waals surface area contributed by atoms with Gasteiger partial charge in [0.25, 0.3) is 0 Å². The van der Waals surface area contributed by atoms with Crippen LogP contribution in [0, 0.1) is 0 Å². The molecule has 1 aliphatic heterocycles. The second-order valence-electron chi connectivity index (χ2n) is 7.35. The molecule has 0 bridgehead atoms. The summed E-state index contributed by atoms with van der Waals surface area (Å²) in [6, 6.07) is 18.6. The predicted molar refractivity (Wildman–Crippen MR) is 124 cm³/mol. The van der Waals surface area contributed by atoms with E-state index in [2.05, 4.69) is 34.8 Å². The van der Waals surface area contributed by atoms with Gasteiger partial charge in [0, 0.05) is 30.1 Å². The summed E-state index contributed by atoms with van der Waals surface area (Å²) in [5.74, 6) is 1.84. The van der Waals surface area contributed by atoms with E-state index < -0.39 is 0 Å². The van der Waals surface area contributed by atoms with Gasteiger partial charge in [0.05, 0.1) is 24.5 Å². The average Bonchev–Trinajstić information content (AvgIpc) is 3.31. The second-order valence-corrected chi connectivity index (χ2v) is 7.35. The van der Waals surface area contributed by atoms with Gasteiger partial charge in [-0.1, -0.05) is 36.4 Å². The molecule has 0 saturated heterocycles. The molecule has 5 rings (SSSR count). The lowest BCUT2D eigenvalue weighted by molar-refractivity contribution is 0.269. The Kier molecular flexibility index (Phi) is 5.75. The summed E-state index contributed by atoms with van der Waals surface area (Å²) in [7, 11) is 0. The standard InChI is InChI=1S/C22H23N5O.HI/c23-22(25-19-10-11-28-21-9-5-4-8-17(19)21)26-20-12-18(20)15-13-24-27(14-15)16-6-2-1-3-7-16;/h1-9,13-14,18-20H,10-12H2,(H3,23,25,26);1H/t18-,19?,20+;/m0./s1. The molecule has 0 spiro atoms. The molecule has 3 N–H and O–H groups in total. The lowest BCUT2D eigenvalue weighted by Gasteiger charge is -2.23. The number of para-hydroxylation sites is 2. The molecule has 2 aliphatic rings. The third kappa shape index (κ3) is 4.24. The van der Waals surface area contributed by atoms with Gasteiger partial charge in [0.2, 0.25) is 0 Å². The fourth-order valence-electron chi connectivity index (χ4n) is 3.83. The predicted octanol–water partition coefficient (Wildman–Crippen LogP) is 3.77. The number of fused-ring (bicyclic) bond motifs is 1. The maximum absolute atomic E-state index is 6.22. The van der Waals surface area contributed by atoms with Gasteiger partial charge in [-0.25, -0.2) is 9.67 Å². The van der Waals surface area contributed by atoms with Crippen molar-refractivity contribution in [1.29, 1.82) is 0 Å². The van der Waals surface area contributed by atoms with Crippen molar-refractivity contribution < 1.29 is 4.74 Å². The molecule has 3 aromatic rings. The van der Waals surface area contributed by atoms with E-state index >= 15 is 0 Å². The zero-order valence-electron chi connectivity index (χ0n) is 15.9. The van der Waals surface area contributed by atoms with Gasteiger partial charge in [0.15, 0.2) is 5.96 Å². The first-order chi connectivity index (χ1) is 13.8. The Balaban J connectivity index is 0.00000205. The molecular formula is C22H24IN5O. The van der Waals surface area contributed by atoms with Crippen molar-refractivity contribution >= 4 is 29.9 Å². The number of guanidine groups is 1. The van der Waals surface area contributed by atoms with Crippen molar-refractivity contribution in [3.63, 3.8) is 0 Å². The molecule has 0 amide bonds. The summed E-state index contributed by atoms with van der Waals surface area (Å²) in [6.45, 7) is 0.670. The van der Waals surface area contributed by atoms with Crippen LogP contribution in [0.1, 0.15) is 35.9 Å². The van der Waals surface area contributed by atoms with Gasteiger partial charge in [-0.15, -0.1) is 24.0 Å². The van der Waals surface area contributed by atoms with E-state index in [9.17, 15) is 0 Å². The summed E-state index contributed by atoms with van der Waals surface area (Å²) < 4.78 is 7.62. The van der Waals surface area contributed by atoms with Crippen molar-refractivity contribution in [2.45, 2.75) is 30.8 Å². The molecule has 7 heteroatoms. The normalized spacial score (nSPS) is 22.8. The molecule has 150 valence electrons. The minimum Gasteiger partial charge on any atom is -0.493 e. The molecule has 3 atom stereocenters. The van der Waals surface area contributed by atoms with E-state index in [4.69, 9.17) is 15.5 Å². The molecule has 1 saturated carbocycles. The van der Waals surface area contributed by atoms with Crippen LogP contribution in [-0.2, 0) is 0 Å². The summed E-state index contributed by atoms with van der Waals surface area (Å²) in [6.07, 6.45) is 5.93. The molecule has 2 heterocycles. The molecule has 2 aromatic carbocycles. The molecule has 1 fully saturated rings. The smallest absolute Gasteiger partial charge is 0.189 e. The average molecular weight is 501 g/mol. The fourth-order valence-corrected chi connectivity index (χ4v) is 3.83. The highest BCUT2D eigenvalue weighted by Gasteiger charge is 2.40. The zero-order valence-corrected chi connectivity index (χ0v) is 18.3.